The van der Waals surface area contributed by atoms with Crippen LogP contribution in [-0.4, -0.2) is 24.9 Å². The summed E-state index contributed by atoms with van der Waals surface area (Å²) in [6.07, 6.45) is 3.78. The highest BCUT2D eigenvalue weighted by Crippen LogP contribution is 2.34. The van der Waals surface area contributed by atoms with Crippen molar-refractivity contribution in [1.82, 2.24) is 19.0 Å². The van der Waals surface area contributed by atoms with Crippen molar-refractivity contribution < 1.29 is 4.79 Å². The summed E-state index contributed by atoms with van der Waals surface area (Å²) < 4.78 is 6.04. The van der Waals surface area contributed by atoms with Gasteiger partial charge in [-0.1, -0.05) is 6.92 Å². The maximum atomic E-state index is 12.5. The molecule has 0 radical (unpaired) electrons. The monoisotopic (exact) mass is 299 g/mol. The van der Waals surface area contributed by atoms with Crippen LogP contribution in [0.3, 0.4) is 0 Å². The molecule has 0 saturated carbocycles. The van der Waals surface area contributed by atoms with Gasteiger partial charge in [0.2, 0.25) is 0 Å². The Bertz CT molecular complexity index is 823. The molecule has 1 amide bonds. The fourth-order valence-electron chi connectivity index (χ4n) is 2.89. The molecule has 0 aromatic carbocycles. The van der Waals surface area contributed by atoms with E-state index in [9.17, 15) is 4.79 Å². The molecule has 6 nitrogen and oxygen atoms in total. The van der Waals surface area contributed by atoms with E-state index >= 15 is 0 Å². The lowest BCUT2D eigenvalue weighted by Gasteiger charge is -2.10. The van der Waals surface area contributed by atoms with Crippen molar-refractivity contribution in [3.8, 4) is 0 Å². The van der Waals surface area contributed by atoms with E-state index in [0.29, 0.717) is 22.9 Å². The molecule has 0 spiro atoms. The molecule has 4 rings (SSSR count). The summed E-state index contributed by atoms with van der Waals surface area (Å²) in [7, 11) is 0. The molecule has 3 aromatic rings. The summed E-state index contributed by atoms with van der Waals surface area (Å²) in [6.45, 7) is 2.18. The van der Waals surface area contributed by atoms with Crippen LogP contribution in [0.5, 0.6) is 0 Å². The van der Waals surface area contributed by atoms with E-state index in [0.717, 1.165) is 12.8 Å². The third-order valence-corrected chi connectivity index (χ3v) is 4.54. The second-order valence-corrected chi connectivity index (χ2v) is 5.93. The van der Waals surface area contributed by atoms with Crippen LogP contribution < -0.4 is 5.32 Å². The zero-order valence-electron chi connectivity index (χ0n) is 11.4. The number of aromatic nitrogens is 4. The minimum absolute atomic E-state index is 0.194. The van der Waals surface area contributed by atoms with Gasteiger partial charge in [-0.2, -0.15) is 4.37 Å². The fraction of sp³-hybridized carbons (Fsp3) is 0.286. The van der Waals surface area contributed by atoms with Crippen LogP contribution in [0.15, 0.2) is 23.8 Å². The summed E-state index contributed by atoms with van der Waals surface area (Å²) in [5, 5.41) is 12.7. The maximum Gasteiger partial charge on any atom is 0.260 e. The normalized spacial score (nSPS) is 17.1. The van der Waals surface area contributed by atoms with E-state index in [1.807, 2.05) is 15.8 Å². The third-order valence-electron chi connectivity index (χ3n) is 3.98. The van der Waals surface area contributed by atoms with Gasteiger partial charge in [-0.05, 0) is 48.0 Å². The molecule has 3 aromatic heterocycles. The Hall–Kier alpha value is -2.28. The largest absolute Gasteiger partial charge is 0.306 e. The average molecular weight is 299 g/mol. The maximum absolute atomic E-state index is 12.5. The van der Waals surface area contributed by atoms with Crippen molar-refractivity contribution in [2.75, 3.05) is 5.32 Å². The second-order valence-electron chi connectivity index (χ2n) is 5.26. The van der Waals surface area contributed by atoms with E-state index in [4.69, 9.17) is 0 Å². The lowest BCUT2D eigenvalue weighted by atomic mass is 10.0. The number of carbonyl (C=O) groups excluding carboxylic acids is 1. The van der Waals surface area contributed by atoms with E-state index in [1.165, 1.54) is 22.8 Å². The summed E-state index contributed by atoms with van der Waals surface area (Å²) in [4.78, 5) is 12.5. The summed E-state index contributed by atoms with van der Waals surface area (Å²) in [5.41, 5.74) is 3.59. The van der Waals surface area contributed by atoms with Crippen LogP contribution in [0.2, 0.25) is 0 Å². The molecule has 0 saturated heterocycles. The average Bonchev–Trinajstić information content (AvgIpc) is 3.18. The first kappa shape index (κ1) is 12.5. The van der Waals surface area contributed by atoms with Gasteiger partial charge in [-0.3, -0.25) is 9.20 Å². The minimum atomic E-state index is -0.194. The molecule has 0 bridgehead atoms. The van der Waals surface area contributed by atoms with E-state index in [1.54, 1.807) is 12.4 Å². The number of anilines is 1. The smallest absolute Gasteiger partial charge is 0.260 e. The van der Waals surface area contributed by atoms with E-state index in [-0.39, 0.29) is 5.91 Å². The zero-order valence-corrected chi connectivity index (χ0v) is 12.2. The summed E-state index contributed by atoms with van der Waals surface area (Å²) in [6, 6.07) is 3.73. The van der Waals surface area contributed by atoms with Crippen LogP contribution >= 0.6 is 11.5 Å². The Labute approximate surface area is 125 Å². The molecule has 106 valence electrons. The predicted octanol–water partition coefficient (Wildman–Crippen LogP) is 2.49. The molecule has 1 aliphatic rings. The minimum Gasteiger partial charge on any atom is -0.306 e. The van der Waals surface area contributed by atoms with Gasteiger partial charge in [-0.25, -0.2) is 0 Å². The van der Waals surface area contributed by atoms with Gasteiger partial charge >= 0.3 is 0 Å². The highest BCUT2D eigenvalue weighted by molar-refractivity contribution is 7.03. The van der Waals surface area contributed by atoms with Crippen LogP contribution in [0, 0.1) is 0 Å². The first-order valence-electron chi connectivity index (χ1n) is 6.81. The molecule has 7 heteroatoms. The van der Waals surface area contributed by atoms with Crippen molar-refractivity contribution in [3.63, 3.8) is 0 Å². The molecule has 1 atom stereocenters. The Morgan fingerprint density at radius 2 is 2.43 bits per heavy atom. The van der Waals surface area contributed by atoms with E-state index in [2.05, 4.69) is 26.8 Å². The van der Waals surface area contributed by atoms with Gasteiger partial charge in [0.25, 0.3) is 5.91 Å². The van der Waals surface area contributed by atoms with Crippen molar-refractivity contribution in [2.24, 2.45) is 0 Å². The van der Waals surface area contributed by atoms with Crippen molar-refractivity contribution >= 4 is 28.9 Å². The summed E-state index contributed by atoms with van der Waals surface area (Å²) in [5.74, 6) is 0.828. The number of carbonyl (C=O) groups is 1. The first-order valence-corrected chi connectivity index (χ1v) is 7.65. The second kappa shape index (κ2) is 4.63. The number of hydrogen-bond donors (Lipinski definition) is 1. The highest BCUT2D eigenvalue weighted by atomic mass is 32.1. The molecular weight excluding hydrogens is 286 g/mol. The highest BCUT2D eigenvalue weighted by Gasteiger charge is 2.25. The van der Waals surface area contributed by atoms with E-state index < -0.39 is 0 Å². The Morgan fingerprint density at radius 3 is 3.24 bits per heavy atom. The molecule has 1 aliphatic carbocycles. The van der Waals surface area contributed by atoms with Gasteiger partial charge in [0.15, 0.2) is 5.65 Å². The van der Waals surface area contributed by atoms with Crippen LogP contribution in [0.4, 0.5) is 5.82 Å². The Kier molecular flexibility index (Phi) is 2.75. The number of amides is 1. The lowest BCUT2D eigenvalue weighted by molar-refractivity contribution is 0.102. The quantitative estimate of drug-likeness (QED) is 0.789. The fourth-order valence-corrected chi connectivity index (χ4v) is 3.36. The van der Waals surface area contributed by atoms with Gasteiger partial charge in [-0.15, -0.1) is 10.2 Å². The van der Waals surface area contributed by atoms with Gasteiger partial charge in [0.05, 0.1) is 5.56 Å². The van der Waals surface area contributed by atoms with Crippen LogP contribution in [-0.2, 0) is 6.42 Å². The number of rotatable bonds is 2. The number of fused-ring (bicyclic) bond motifs is 3. The Morgan fingerprint density at radius 1 is 1.52 bits per heavy atom. The predicted molar refractivity (Wildman–Crippen MR) is 79.8 cm³/mol. The van der Waals surface area contributed by atoms with Crippen LogP contribution in [0.25, 0.3) is 5.65 Å². The number of hydrogen-bond acceptors (Lipinski definition) is 5. The molecule has 1 N–H and O–H groups in total. The van der Waals surface area contributed by atoms with Crippen molar-refractivity contribution in [1.29, 1.82) is 0 Å². The van der Waals surface area contributed by atoms with Crippen LogP contribution in [0.1, 0.15) is 40.9 Å². The van der Waals surface area contributed by atoms with Gasteiger partial charge in [0, 0.05) is 11.1 Å². The third kappa shape index (κ3) is 1.92. The zero-order chi connectivity index (χ0) is 14.4. The molecular formula is C14H13N5OS. The van der Waals surface area contributed by atoms with Gasteiger partial charge < -0.3 is 5.32 Å². The van der Waals surface area contributed by atoms with Gasteiger partial charge in [0.1, 0.15) is 12.1 Å². The standard InChI is InChI=1S/C14H13N5OS/c1-8-2-3-11-9(8)6-10(13-17-15-7-19(11)13)14(20)16-12-4-5-21-18-12/h4-8H,2-3H2,1H3,(H,16,18,20)/t8-/m1/s1. The number of pyridine rings is 1. The SMILES string of the molecule is C[C@@H]1CCc2c1cc(C(=O)Nc1ccsn1)c1nncn21. The topological polar surface area (TPSA) is 72.2 Å². The van der Waals surface area contributed by atoms with Crippen molar-refractivity contribution in [2.45, 2.75) is 25.7 Å². The van der Waals surface area contributed by atoms with Crippen molar-refractivity contribution in [3.05, 3.63) is 40.7 Å². The number of aryl methyl sites for hydroxylation is 1. The molecule has 3 heterocycles. The first-order chi connectivity index (χ1) is 10.2. The summed E-state index contributed by atoms with van der Waals surface area (Å²) >= 11 is 1.30. The molecule has 0 aliphatic heterocycles. The number of nitrogens with zero attached hydrogens (tertiary/aromatic N) is 4. The molecule has 0 fully saturated rings. The Balaban J connectivity index is 1.83. The molecule has 0 unspecified atom stereocenters. The number of nitrogens with one attached hydrogen (secondary N) is 1. The molecule has 21 heavy (non-hydrogen) atoms. The lowest BCUT2D eigenvalue weighted by Crippen LogP contribution is -2.15.